The van der Waals surface area contributed by atoms with E-state index in [1.807, 2.05) is 30.3 Å². The summed E-state index contributed by atoms with van der Waals surface area (Å²) >= 11 is 1.29. The fourth-order valence-electron chi connectivity index (χ4n) is 3.86. The first-order chi connectivity index (χ1) is 17.7. The molecule has 0 unspecified atom stereocenters. The summed E-state index contributed by atoms with van der Waals surface area (Å²) in [5, 5.41) is 3.57. The molecule has 0 radical (unpaired) electrons. The highest BCUT2D eigenvalue weighted by atomic mass is 32.2. The van der Waals surface area contributed by atoms with Crippen LogP contribution in [0.25, 0.3) is 10.1 Å². The van der Waals surface area contributed by atoms with E-state index in [9.17, 15) is 18.0 Å². The number of fused-ring (bicyclic) bond motifs is 1. The van der Waals surface area contributed by atoms with Gasteiger partial charge in [-0.25, -0.2) is 13.2 Å². The fourth-order valence-corrected chi connectivity index (χ4v) is 6.10. The molecule has 4 rings (SSSR count). The summed E-state index contributed by atoms with van der Waals surface area (Å²) in [4.78, 5) is 25.7. The Labute approximate surface area is 219 Å². The van der Waals surface area contributed by atoms with E-state index in [1.165, 1.54) is 37.7 Å². The van der Waals surface area contributed by atoms with Crippen molar-refractivity contribution in [1.82, 2.24) is 4.72 Å². The van der Waals surface area contributed by atoms with Gasteiger partial charge >= 0.3 is 5.97 Å². The van der Waals surface area contributed by atoms with Crippen molar-refractivity contribution in [2.75, 3.05) is 19.5 Å². The zero-order chi connectivity index (χ0) is 26.6. The lowest BCUT2D eigenvalue weighted by Crippen LogP contribution is -2.45. The van der Waals surface area contributed by atoms with Crippen LogP contribution in [0.1, 0.15) is 20.8 Å². The Hall–Kier alpha value is -3.73. The van der Waals surface area contributed by atoms with Crippen molar-refractivity contribution in [3.63, 3.8) is 0 Å². The molecule has 1 amide bonds. The van der Waals surface area contributed by atoms with Crippen LogP contribution in [-0.2, 0) is 26.0 Å². The van der Waals surface area contributed by atoms with E-state index in [4.69, 9.17) is 9.47 Å². The second kappa shape index (κ2) is 11.1. The number of thiophene rings is 1. The number of anilines is 1. The van der Waals surface area contributed by atoms with E-state index in [0.717, 1.165) is 15.6 Å². The zero-order valence-corrected chi connectivity index (χ0v) is 22.1. The lowest BCUT2D eigenvalue weighted by molar-refractivity contribution is -0.117. The highest BCUT2D eigenvalue weighted by Gasteiger charge is 2.27. The summed E-state index contributed by atoms with van der Waals surface area (Å²) in [6.07, 6.45) is 0.147. The van der Waals surface area contributed by atoms with E-state index in [1.54, 1.807) is 37.3 Å². The number of aryl methyl sites for hydroxylation is 1. The molecule has 10 heteroatoms. The maximum Gasteiger partial charge on any atom is 0.348 e. The predicted octanol–water partition coefficient (Wildman–Crippen LogP) is 4.53. The van der Waals surface area contributed by atoms with Crippen molar-refractivity contribution in [1.29, 1.82) is 0 Å². The number of amides is 1. The van der Waals surface area contributed by atoms with E-state index in [-0.39, 0.29) is 11.3 Å². The van der Waals surface area contributed by atoms with Crippen LogP contribution in [0.2, 0.25) is 0 Å². The van der Waals surface area contributed by atoms with Crippen molar-refractivity contribution >= 4 is 49.0 Å². The maximum absolute atomic E-state index is 13.4. The minimum absolute atomic E-state index is 0.0340. The number of benzene rings is 3. The monoisotopic (exact) mass is 538 g/mol. The lowest BCUT2D eigenvalue weighted by atomic mass is 10.1. The number of rotatable bonds is 9. The van der Waals surface area contributed by atoms with Gasteiger partial charge in [-0.1, -0.05) is 30.3 Å². The summed E-state index contributed by atoms with van der Waals surface area (Å²) in [6, 6.07) is 19.5. The van der Waals surface area contributed by atoms with Gasteiger partial charge in [0, 0.05) is 10.4 Å². The smallest absolute Gasteiger partial charge is 0.348 e. The predicted molar refractivity (Wildman–Crippen MR) is 144 cm³/mol. The number of carbonyl (C=O) groups excluding carboxylic acids is 2. The molecule has 0 spiro atoms. The summed E-state index contributed by atoms with van der Waals surface area (Å²) < 4.78 is 39.9. The molecule has 0 saturated carbocycles. The molecule has 0 aliphatic rings. The Balaban J connectivity index is 1.60. The van der Waals surface area contributed by atoms with Gasteiger partial charge in [0.05, 0.1) is 19.1 Å². The first-order valence-corrected chi connectivity index (χ1v) is 13.6. The van der Waals surface area contributed by atoms with Crippen molar-refractivity contribution in [3.05, 3.63) is 88.8 Å². The van der Waals surface area contributed by atoms with Gasteiger partial charge in [0.15, 0.2) is 0 Å². The Morgan fingerprint density at radius 2 is 1.73 bits per heavy atom. The van der Waals surface area contributed by atoms with Crippen molar-refractivity contribution in [3.8, 4) is 5.75 Å². The molecule has 3 aromatic carbocycles. The Morgan fingerprint density at radius 3 is 2.41 bits per heavy atom. The third-order valence-corrected chi connectivity index (χ3v) is 8.31. The van der Waals surface area contributed by atoms with Gasteiger partial charge in [-0.05, 0) is 72.3 Å². The number of hydrogen-bond acceptors (Lipinski definition) is 7. The van der Waals surface area contributed by atoms with Gasteiger partial charge < -0.3 is 14.8 Å². The zero-order valence-electron chi connectivity index (χ0n) is 20.5. The van der Waals surface area contributed by atoms with E-state index in [0.29, 0.717) is 21.9 Å². The number of esters is 1. The molecule has 1 heterocycles. The highest BCUT2D eigenvalue weighted by molar-refractivity contribution is 7.89. The van der Waals surface area contributed by atoms with Crippen molar-refractivity contribution in [2.45, 2.75) is 24.3 Å². The Kier molecular flexibility index (Phi) is 7.91. The van der Waals surface area contributed by atoms with Crippen LogP contribution >= 0.6 is 11.3 Å². The molecule has 1 aromatic heterocycles. The molecule has 4 aromatic rings. The molecule has 1 atom stereocenters. The Bertz CT molecular complexity index is 1550. The van der Waals surface area contributed by atoms with E-state index >= 15 is 0 Å². The van der Waals surface area contributed by atoms with E-state index in [2.05, 4.69) is 10.0 Å². The molecule has 0 aliphatic heterocycles. The average Bonchev–Trinajstić information content (AvgIpc) is 3.32. The topological polar surface area (TPSA) is 111 Å². The number of methoxy groups -OCH3 is 2. The summed E-state index contributed by atoms with van der Waals surface area (Å²) in [5.74, 6) is -0.380. The lowest BCUT2D eigenvalue weighted by Gasteiger charge is -2.19. The second-order valence-electron chi connectivity index (χ2n) is 8.34. The second-order valence-corrected chi connectivity index (χ2v) is 11.1. The maximum atomic E-state index is 13.4. The van der Waals surface area contributed by atoms with E-state index < -0.39 is 27.9 Å². The van der Waals surface area contributed by atoms with Crippen molar-refractivity contribution in [2.24, 2.45) is 0 Å². The molecule has 2 N–H and O–H groups in total. The number of hydrogen-bond donors (Lipinski definition) is 2. The molecular weight excluding hydrogens is 512 g/mol. The SMILES string of the molecule is COC(=O)c1cc2cc(NC(=O)[C@H](Cc3ccccc3)NS(=O)(=O)c3ccc(OC)c(C)c3)ccc2s1. The molecule has 0 bridgehead atoms. The minimum Gasteiger partial charge on any atom is -0.496 e. The average molecular weight is 539 g/mol. The third kappa shape index (κ3) is 6.16. The third-order valence-electron chi connectivity index (χ3n) is 5.74. The van der Waals surface area contributed by atoms with Gasteiger partial charge in [0.1, 0.15) is 16.7 Å². The molecule has 0 fully saturated rings. The largest absolute Gasteiger partial charge is 0.496 e. The van der Waals surface area contributed by atoms with Gasteiger partial charge in [0.2, 0.25) is 15.9 Å². The van der Waals surface area contributed by atoms with Crippen LogP contribution in [0.3, 0.4) is 0 Å². The molecule has 8 nitrogen and oxygen atoms in total. The quantitative estimate of drug-likeness (QED) is 0.303. The first kappa shape index (κ1) is 26.3. The van der Waals surface area contributed by atoms with Crippen LogP contribution in [-0.4, -0.2) is 40.6 Å². The normalized spacial score (nSPS) is 12.2. The molecular formula is C27H26N2O6S2. The first-order valence-electron chi connectivity index (χ1n) is 11.3. The molecule has 0 saturated heterocycles. The summed E-state index contributed by atoms with van der Waals surface area (Å²) in [5.41, 5.74) is 1.93. The molecule has 192 valence electrons. The number of carbonyl (C=O) groups is 2. The van der Waals surface area contributed by atoms with Crippen LogP contribution < -0.4 is 14.8 Å². The van der Waals surface area contributed by atoms with Gasteiger partial charge in [-0.3, -0.25) is 4.79 Å². The standard InChI is InChI=1S/C27H26N2O6S2/c1-17-13-21(10-11-23(17)34-2)37(32,33)29-22(14-18-7-5-4-6-8-18)26(30)28-20-9-12-24-19(15-20)16-25(36-24)27(31)35-3/h4-13,15-16,22,29H,14H2,1-3H3,(H,28,30)/t22-/m0/s1. The van der Waals surface area contributed by atoms with Crippen LogP contribution in [0.4, 0.5) is 5.69 Å². The summed E-state index contributed by atoms with van der Waals surface area (Å²) in [7, 11) is -1.19. The number of nitrogens with one attached hydrogen (secondary N) is 2. The van der Waals surface area contributed by atoms with Crippen molar-refractivity contribution < 1.29 is 27.5 Å². The van der Waals surface area contributed by atoms with Gasteiger partial charge in [-0.15, -0.1) is 11.3 Å². The van der Waals surface area contributed by atoms with Crippen LogP contribution in [0.15, 0.2) is 77.7 Å². The number of ether oxygens (including phenoxy) is 2. The Morgan fingerprint density at radius 1 is 0.973 bits per heavy atom. The highest BCUT2D eigenvalue weighted by Crippen LogP contribution is 2.29. The summed E-state index contributed by atoms with van der Waals surface area (Å²) in [6.45, 7) is 1.75. The van der Waals surface area contributed by atoms with Gasteiger partial charge in [-0.2, -0.15) is 4.72 Å². The molecule has 0 aliphatic carbocycles. The number of sulfonamides is 1. The molecule has 37 heavy (non-hydrogen) atoms. The fraction of sp³-hybridized carbons (Fsp3) is 0.185. The van der Waals surface area contributed by atoms with Crippen LogP contribution in [0.5, 0.6) is 5.75 Å². The van der Waals surface area contributed by atoms with Crippen LogP contribution in [0, 0.1) is 6.92 Å². The minimum atomic E-state index is -4.02. The van der Waals surface area contributed by atoms with Gasteiger partial charge in [0.25, 0.3) is 0 Å².